The Morgan fingerprint density at radius 3 is 2.12 bits per heavy atom. The van der Waals surface area contributed by atoms with Gasteiger partial charge in [0.1, 0.15) is 11.5 Å². The second-order valence-electron chi connectivity index (χ2n) is 5.16. The molecule has 0 amide bonds. The summed E-state index contributed by atoms with van der Waals surface area (Å²) in [5.74, 6) is 1.64. The normalized spacial score (nSPS) is 11.3. The van der Waals surface area contributed by atoms with Gasteiger partial charge >= 0.3 is 0 Å². The summed E-state index contributed by atoms with van der Waals surface area (Å²) >= 11 is 0. The average molecular weight is 254 g/mol. The van der Waals surface area contributed by atoms with E-state index in [9.17, 15) is 0 Å². The van der Waals surface area contributed by atoms with Gasteiger partial charge in [-0.3, -0.25) is 0 Å². The van der Waals surface area contributed by atoms with Crippen molar-refractivity contribution >= 4 is 8.07 Å². The van der Waals surface area contributed by atoms with Gasteiger partial charge in [0, 0.05) is 14.7 Å². The van der Waals surface area contributed by atoms with Crippen molar-refractivity contribution in [3.63, 3.8) is 0 Å². The Labute approximate surface area is 105 Å². The Bertz CT molecular complexity index is 316. The van der Waals surface area contributed by atoms with Crippen molar-refractivity contribution in [2.75, 3.05) is 20.5 Å². The fourth-order valence-electron chi connectivity index (χ4n) is 1.22. The van der Waals surface area contributed by atoms with Crippen LogP contribution in [0.15, 0.2) is 24.3 Å². The van der Waals surface area contributed by atoms with Crippen molar-refractivity contribution in [3.8, 4) is 11.5 Å². The van der Waals surface area contributed by atoms with Crippen molar-refractivity contribution in [3.05, 3.63) is 24.3 Å². The van der Waals surface area contributed by atoms with Crippen molar-refractivity contribution in [2.45, 2.75) is 25.7 Å². The van der Waals surface area contributed by atoms with Crippen LogP contribution < -0.4 is 9.47 Å². The summed E-state index contributed by atoms with van der Waals surface area (Å²) in [4.78, 5) is 0. The third kappa shape index (κ3) is 6.34. The maximum atomic E-state index is 5.46. The van der Waals surface area contributed by atoms with E-state index in [1.54, 1.807) is 7.11 Å². The topological polar surface area (TPSA) is 27.7 Å². The van der Waals surface area contributed by atoms with Crippen LogP contribution in [0.1, 0.15) is 0 Å². The number of hydrogen-bond donors (Lipinski definition) is 0. The fourth-order valence-corrected chi connectivity index (χ4v) is 1.98. The largest absolute Gasteiger partial charge is 0.497 e. The van der Waals surface area contributed by atoms with Crippen LogP contribution in [0.5, 0.6) is 11.5 Å². The van der Waals surface area contributed by atoms with Crippen LogP contribution in [0.25, 0.3) is 0 Å². The van der Waals surface area contributed by atoms with E-state index in [0.717, 1.165) is 18.1 Å². The molecule has 0 bridgehead atoms. The van der Waals surface area contributed by atoms with E-state index in [1.807, 2.05) is 24.3 Å². The molecule has 1 aromatic rings. The second-order valence-corrected chi connectivity index (χ2v) is 10.8. The van der Waals surface area contributed by atoms with Crippen LogP contribution >= 0.6 is 0 Å². The van der Waals surface area contributed by atoms with Crippen molar-refractivity contribution in [1.82, 2.24) is 0 Å². The van der Waals surface area contributed by atoms with Gasteiger partial charge in [0.05, 0.1) is 7.11 Å². The van der Waals surface area contributed by atoms with E-state index in [1.165, 1.54) is 6.04 Å². The fraction of sp³-hybridized carbons (Fsp3) is 0.538. The third-order valence-corrected chi connectivity index (χ3v) is 4.07. The van der Waals surface area contributed by atoms with E-state index in [-0.39, 0.29) is 0 Å². The summed E-state index contributed by atoms with van der Waals surface area (Å²) in [5, 5.41) is 0. The number of hydrogen-bond acceptors (Lipinski definition) is 3. The minimum Gasteiger partial charge on any atom is -0.497 e. The summed E-state index contributed by atoms with van der Waals surface area (Å²) in [5.41, 5.74) is 0. The SMILES string of the molecule is COc1ccc(OCOCC[Si](C)(C)C)cc1. The Balaban J connectivity index is 2.18. The first-order valence-electron chi connectivity index (χ1n) is 5.86. The van der Waals surface area contributed by atoms with Gasteiger partial charge in [-0.05, 0) is 30.3 Å². The molecule has 1 aromatic carbocycles. The van der Waals surface area contributed by atoms with Crippen molar-refractivity contribution < 1.29 is 14.2 Å². The third-order valence-electron chi connectivity index (χ3n) is 2.36. The summed E-state index contributed by atoms with van der Waals surface area (Å²) < 4.78 is 16.0. The Morgan fingerprint density at radius 2 is 1.59 bits per heavy atom. The number of rotatable bonds is 7. The molecule has 3 nitrogen and oxygen atoms in total. The van der Waals surface area contributed by atoms with Crippen molar-refractivity contribution in [1.29, 1.82) is 0 Å². The van der Waals surface area contributed by atoms with E-state index in [0.29, 0.717) is 6.79 Å². The summed E-state index contributed by atoms with van der Waals surface area (Å²) in [7, 11) is 0.652. The molecule has 0 aliphatic carbocycles. The highest BCUT2D eigenvalue weighted by Gasteiger charge is 2.11. The molecule has 0 aromatic heterocycles. The van der Waals surface area contributed by atoms with Crippen LogP contribution in [-0.2, 0) is 4.74 Å². The maximum Gasteiger partial charge on any atom is 0.189 e. The molecular weight excluding hydrogens is 232 g/mol. The van der Waals surface area contributed by atoms with Crippen LogP contribution in [0.4, 0.5) is 0 Å². The standard InChI is InChI=1S/C13H22O3Si/c1-14-12-5-7-13(8-6-12)16-11-15-9-10-17(2,3)4/h5-8H,9-11H2,1-4H3. The van der Waals surface area contributed by atoms with E-state index in [4.69, 9.17) is 14.2 Å². The number of methoxy groups -OCH3 is 1. The molecular formula is C13H22O3Si. The molecule has 0 radical (unpaired) electrons. The van der Waals surface area contributed by atoms with Crippen LogP contribution in [0.2, 0.25) is 25.7 Å². The van der Waals surface area contributed by atoms with E-state index >= 15 is 0 Å². The minimum absolute atomic E-state index is 0.316. The molecule has 0 heterocycles. The molecule has 0 unspecified atom stereocenters. The van der Waals surface area contributed by atoms with Gasteiger partial charge in [-0.2, -0.15) is 0 Å². The second kappa shape index (κ2) is 6.66. The highest BCUT2D eigenvalue weighted by molar-refractivity contribution is 6.76. The monoisotopic (exact) mass is 254 g/mol. The van der Waals surface area contributed by atoms with E-state index < -0.39 is 8.07 Å². The molecule has 4 heteroatoms. The highest BCUT2D eigenvalue weighted by Crippen LogP contribution is 2.17. The molecule has 0 saturated carbocycles. The first kappa shape index (κ1) is 14.1. The molecule has 0 atom stereocenters. The Kier molecular flexibility index (Phi) is 5.51. The van der Waals surface area contributed by atoms with Gasteiger partial charge in [-0.1, -0.05) is 19.6 Å². The lowest BCUT2D eigenvalue weighted by Gasteiger charge is -2.15. The van der Waals surface area contributed by atoms with Gasteiger partial charge in [0.25, 0.3) is 0 Å². The smallest absolute Gasteiger partial charge is 0.189 e. The van der Waals surface area contributed by atoms with E-state index in [2.05, 4.69) is 19.6 Å². The van der Waals surface area contributed by atoms with Crippen LogP contribution in [-0.4, -0.2) is 28.6 Å². The van der Waals surface area contributed by atoms with Gasteiger partial charge in [0.2, 0.25) is 0 Å². The van der Waals surface area contributed by atoms with Gasteiger partial charge < -0.3 is 14.2 Å². The molecule has 0 saturated heterocycles. The lowest BCUT2D eigenvalue weighted by molar-refractivity contribution is 0.0220. The Morgan fingerprint density at radius 1 is 1.00 bits per heavy atom. The van der Waals surface area contributed by atoms with Crippen LogP contribution in [0.3, 0.4) is 0 Å². The summed E-state index contributed by atoms with van der Waals surface area (Å²) in [6, 6.07) is 8.66. The van der Waals surface area contributed by atoms with Gasteiger partial charge in [-0.15, -0.1) is 0 Å². The van der Waals surface area contributed by atoms with Gasteiger partial charge in [0.15, 0.2) is 6.79 Å². The summed E-state index contributed by atoms with van der Waals surface area (Å²) in [6.45, 7) is 8.10. The zero-order valence-electron chi connectivity index (χ0n) is 11.2. The minimum atomic E-state index is -0.996. The average Bonchev–Trinajstić information content (AvgIpc) is 2.28. The lowest BCUT2D eigenvalue weighted by atomic mass is 10.3. The molecule has 0 aliphatic rings. The number of ether oxygens (including phenoxy) is 3. The maximum absolute atomic E-state index is 5.46. The molecule has 0 spiro atoms. The lowest BCUT2D eigenvalue weighted by Crippen LogP contribution is -2.22. The molecule has 1 rings (SSSR count). The summed E-state index contributed by atoms with van der Waals surface area (Å²) in [6.07, 6.45) is 0. The number of benzene rings is 1. The molecule has 17 heavy (non-hydrogen) atoms. The molecule has 0 aliphatic heterocycles. The highest BCUT2D eigenvalue weighted by atomic mass is 28.3. The first-order chi connectivity index (χ1) is 8.01. The molecule has 0 N–H and O–H groups in total. The van der Waals surface area contributed by atoms with Crippen LogP contribution in [0, 0.1) is 0 Å². The predicted octanol–water partition coefficient (Wildman–Crippen LogP) is 3.39. The quantitative estimate of drug-likeness (QED) is 0.424. The molecule has 96 valence electrons. The van der Waals surface area contributed by atoms with Gasteiger partial charge in [-0.25, -0.2) is 0 Å². The zero-order valence-corrected chi connectivity index (χ0v) is 12.2. The molecule has 0 fully saturated rings. The predicted molar refractivity (Wildman–Crippen MR) is 72.6 cm³/mol. The Hall–Kier alpha value is -1.00. The van der Waals surface area contributed by atoms with Crippen molar-refractivity contribution in [2.24, 2.45) is 0 Å². The zero-order chi connectivity index (χ0) is 12.7. The first-order valence-corrected chi connectivity index (χ1v) is 9.56.